The van der Waals surface area contributed by atoms with E-state index in [1.807, 2.05) is 0 Å². The molecule has 5 atom stereocenters. The smallest absolute Gasteiger partial charge is 0.329 e. The van der Waals surface area contributed by atoms with E-state index >= 15 is 0 Å². The number of amides is 1. The van der Waals surface area contributed by atoms with E-state index in [4.69, 9.17) is 18.9 Å². The second kappa shape index (κ2) is 12.7. The monoisotopic (exact) mass is 435 g/mol. The van der Waals surface area contributed by atoms with Gasteiger partial charge in [-0.15, -0.1) is 11.8 Å². The first-order valence-electron chi connectivity index (χ1n) is 9.23. The number of rotatable bonds is 10. The molecule has 2 N–H and O–H groups in total. The lowest BCUT2D eigenvalue weighted by atomic mass is 10.1. The van der Waals surface area contributed by atoms with E-state index < -0.39 is 53.6 Å². The maximum Gasteiger partial charge on any atom is 0.329 e. The van der Waals surface area contributed by atoms with Gasteiger partial charge in [-0.3, -0.25) is 14.4 Å². The number of thioether (sulfide) groups is 1. The van der Waals surface area contributed by atoms with Gasteiger partial charge in [-0.25, -0.2) is 4.79 Å². The predicted octanol–water partition coefficient (Wildman–Crippen LogP) is 0.148. The van der Waals surface area contributed by atoms with Crippen molar-refractivity contribution < 1.29 is 43.2 Å². The SMILES string of the molecule is COC(=O)[C@H](CSC1C[C@@H](OC(C)=O)C[C@@H](COC(C)=O)O1)NC(=O)C[C@@H](C)O. The summed E-state index contributed by atoms with van der Waals surface area (Å²) < 4.78 is 20.9. The van der Waals surface area contributed by atoms with Gasteiger partial charge < -0.3 is 29.4 Å². The maximum atomic E-state index is 12.0. The number of hydrogen-bond acceptors (Lipinski definition) is 10. The van der Waals surface area contributed by atoms with E-state index in [1.165, 1.54) is 39.6 Å². The van der Waals surface area contributed by atoms with Crippen LogP contribution in [-0.4, -0.2) is 78.2 Å². The summed E-state index contributed by atoms with van der Waals surface area (Å²) in [6.45, 7) is 4.09. The van der Waals surface area contributed by atoms with Crippen LogP contribution in [0.1, 0.15) is 40.0 Å². The molecule has 11 heteroatoms. The molecule has 1 heterocycles. The normalized spacial score (nSPS) is 23.4. The molecule has 0 aromatic carbocycles. The molecule has 29 heavy (non-hydrogen) atoms. The number of hydrogen-bond donors (Lipinski definition) is 2. The molecule has 0 aliphatic carbocycles. The zero-order valence-electron chi connectivity index (χ0n) is 17.0. The van der Waals surface area contributed by atoms with Crippen molar-refractivity contribution in [2.24, 2.45) is 0 Å². The predicted molar refractivity (Wildman–Crippen MR) is 103 cm³/mol. The first kappa shape index (κ1) is 25.2. The van der Waals surface area contributed by atoms with Gasteiger partial charge in [0.25, 0.3) is 0 Å². The number of methoxy groups -OCH3 is 1. The Morgan fingerprint density at radius 1 is 1.21 bits per heavy atom. The largest absolute Gasteiger partial charge is 0.467 e. The number of aliphatic hydroxyl groups excluding tert-OH is 1. The number of aliphatic hydroxyl groups is 1. The first-order chi connectivity index (χ1) is 13.6. The lowest BCUT2D eigenvalue weighted by Crippen LogP contribution is -2.45. The number of carbonyl (C=O) groups excluding carboxylic acids is 4. The van der Waals surface area contributed by atoms with Gasteiger partial charge in [0.1, 0.15) is 24.2 Å². The van der Waals surface area contributed by atoms with Crippen molar-refractivity contribution in [1.29, 1.82) is 0 Å². The van der Waals surface area contributed by atoms with Crippen LogP contribution in [0.25, 0.3) is 0 Å². The van der Waals surface area contributed by atoms with Crippen LogP contribution in [0.5, 0.6) is 0 Å². The highest BCUT2D eigenvalue weighted by Crippen LogP contribution is 2.30. The zero-order chi connectivity index (χ0) is 22.0. The maximum absolute atomic E-state index is 12.0. The van der Waals surface area contributed by atoms with E-state index in [2.05, 4.69) is 5.32 Å². The summed E-state index contributed by atoms with van der Waals surface area (Å²) in [6, 6.07) is -0.930. The van der Waals surface area contributed by atoms with E-state index in [0.29, 0.717) is 12.8 Å². The van der Waals surface area contributed by atoms with Gasteiger partial charge in [0.15, 0.2) is 0 Å². The van der Waals surface area contributed by atoms with Crippen molar-refractivity contribution >= 4 is 35.6 Å². The summed E-state index contributed by atoms with van der Waals surface area (Å²) in [5, 5.41) is 11.8. The fraction of sp³-hybridized carbons (Fsp3) is 0.778. The number of nitrogens with one attached hydrogen (secondary N) is 1. The van der Waals surface area contributed by atoms with Crippen molar-refractivity contribution in [3.8, 4) is 0 Å². The van der Waals surface area contributed by atoms with Crippen LogP contribution in [0, 0.1) is 0 Å². The minimum atomic E-state index is -0.930. The van der Waals surface area contributed by atoms with Gasteiger partial charge in [0, 0.05) is 32.4 Å². The molecular weight excluding hydrogens is 406 g/mol. The first-order valence-corrected chi connectivity index (χ1v) is 10.3. The number of carbonyl (C=O) groups is 4. The second-order valence-corrected chi connectivity index (χ2v) is 7.92. The summed E-state index contributed by atoms with van der Waals surface area (Å²) in [7, 11) is 1.21. The van der Waals surface area contributed by atoms with Crippen molar-refractivity contribution in [2.75, 3.05) is 19.5 Å². The van der Waals surface area contributed by atoms with E-state index in [9.17, 15) is 24.3 Å². The van der Waals surface area contributed by atoms with Crippen molar-refractivity contribution in [2.45, 2.75) is 69.8 Å². The second-order valence-electron chi connectivity index (χ2n) is 6.72. The molecular formula is C18H29NO9S. The molecule has 0 spiro atoms. The third kappa shape index (κ3) is 10.5. The van der Waals surface area contributed by atoms with Crippen molar-refractivity contribution in [3.05, 3.63) is 0 Å². The summed E-state index contributed by atoms with van der Waals surface area (Å²) in [4.78, 5) is 46.2. The molecule has 0 radical (unpaired) electrons. The van der Waals surface area contributed by atoms with Gasteiger partial charge in [-0.05, 0) is 6.92 Å². The van der Waals surface area contributed by atoms with E-state index in [1.54, 1.807) is 0 Å². The summed E-state index contributed by atoms with van der Waals surface area (Å²) >= 11 is 1.25. The van der Waals surface area contributed by atoms with E-state index in [0.717, 1.165) is 0 Å². The third-order valence-electron chi connectivity index (χ3n) is 3.88. The fourth-order valence-electron chi connectivity index (χ4n) is 2.72. The lowest BCUT2D eigenvalue weighted by Gasteiger charge is -2.34. The van der Waals surface area contributed by atoms with Crippen LogP contribution < -0.4 is 5.32 Å². The molecule has 166 valence electrons. The van der Waals surface area contributed by atoms with Crippen molar-refractivity contribution in [3.63, 3.8) is 0 Å². The quantitative estimate of drug-likeness (QED) is 0.360. The lowest BCUT2D eigenvalue weighted by molar-refractivity contribution is -0.162. The van der Waals surface area contributed by atoms with Gasteiger partial charge in [-0.1, -0.05) is 0 Å². The standard InChI is InChI=1S/C18H29NO9S/c1-10(20)5-16(23)19-15(18(24)25-4)9-29-17-7-13(27-12(3)22)6-14(28-17)8-26-11(2)21/h10,13-15,17,20H,5-9H2,1-4H3,(H,19,23)/t10-,13+,14+,15+,17?/m1/s1. The molecule has 1 saturated heterocycles. The molecule has 0 aromatic heterocycles. The van der Waals surface area contributed by atoms with Gasteiger partial charge in [-0.2, -0.15) is 0 Å². The fourth-order valence-corrected chi connectivity index (χ4v) is 3.93. The summed E-state index contributed by atoms with van der Waals surface area (Å²) in [6.07, 6.45) is -1.09. The Hall–Kier alpha value is -1.85. The van der Waals surface area contributed by atoms with Crippen LogP contribution in [0.4, 0.5) is 0 Å². The zero-order valence-corrected chi connectivity index (χ0v) is 17.9. The Bertz CT molecular complexity index is 584. The molecule has 1 aliphatic rings. The molecule has 0 aromatic rings. The third-order valence-corrected chi connectivity index (χ3v) is 5.08. The highest BCUT2D eigenvalue weighted by atomic mass is 32.2. The topological polar surface area (TPSA) is 137 Å². The minimum Gasteiger partial charge on any atom is -0.467 e. The molecule has 1 rings (SSSR count). The highest BCUT2D eigenvalue weighted by molar-refractivity contribution is 7.99. The molecule has 1 amide bonds. The molecule has 1 unspecified atom stereocenters. The molecule has 0 saturated carbocycles. The average molecular weight is 435 g/mol. The number of ether oxygens (including phenoxy) is 4. The van der Waals surface area contributed by atoms with Crippen LogP contribution in [-0.2, 0) is 38.1 Å². The Labute approximate surface area is 174 Å². The molecule has 1 aliphatic heterocycles. The molecule has 10 nitrogen and oxygen atoms in total. The molecule has 0 bridgehead atoms. The summed E-state index contributed by atoms with van der Waals surface area (Å²) in [5.74, 6) is -1.83. The van der Waals surface area contributed by atoms with Crippen LogP contribution in [0.3, 0.4) is 0 Å². The van der Waals surface area contributed by atoms with Gasteiger partial charge >= 0.3 is 17.9 Å². The molecule has 1 fully saturated rings. The van der Waals surface area contributed by atoms with Gasteiger partial charge in [0.05, 0.1) is 25.7 Å². The summed E-state index contributed by atoms with van der Waals surface area (Å²) in [5.41, 5.74) is -0.450. The van der Waals surface area contributed by atoms with Crippen LogP contribution in [0.15, 0.2) is 0 Å². The Kier molecular flexibility index (Phi) is 11.0. The highest BCUT2D eigenvalue weighted by Gasteiger charge is 2.33. The Morgan fingerprint density at radius 2 is 1.90 bits per heavy atom. The van der Waals surface area contributed by atoms with Crippen LogP contribution >= 0.6 is 11.8 Å². The van der Waals surface area contributed by atoms with Crippen LogP contribution in [0.2, 0.25) is 0 Å². The average Bonchev–Trinajstić information content (AvgIpc) is 2.61. The van der Waals surface area contributed by atoms with E-state index in [-0.39, 0.29) is 18.8 Å². The Morgan fingerprint density at radius 3 is 2.45 bits per heavy atom. The minimum absolute atomic E-state index is 0.0235. The van der Waals surface area contributed by atoms with Crippen molar-refractivity contribution in [1.82, 2.24) is 5.32 Å². The Balaban J connectivity index is 2.70. The van der Waals surface area contributed by atoms with Gasteiger partial charge in [0.2, 0.25) is 5.91 Å². The number of esters is 3.